The highest BCUT2D eigenvalue weighted by atomic mass is 19.4. The molecule has 13 heteroatoms. The lowest BCUT2D eigenvalue weighted by molar-refractivity contribution is -0.139. The zero-order valence-electron chi connectivity index (χ0n) is 25.7. The number of phenols is 3. The molecule has 3 saturated heterocycles. The van der Waals surface area contributed by atoms with Crippen molar-refractivity contribution in [1.82, 2.24) is 16.0 Å². The van der Waals surface area contributed by atoms with Crippen molar-refractivity contribution in [2.45, 2.75) is 43.9 Å². The van der Waals surface area contributed by atoms with Crippen molar-refractivity contribution in [1.29, 1.82) is 0 Å². The third kappa shape index (κ3) is 10.3. The van der Waals surface area contributed by atoms with E-state index in [1.807, 2.05) is 12.1 Å². The quantitative estimate of drug-likeness (QED) is 0.215. The molecule has 3 unspecified atom stereocenters. The number of benzene rings is 3. The molecule has 0 aromatic heterocycles. The van der Waals surface area contributed by atoms with Gasteiger partial charge in [-0.05, 0) is 61.4 Å². The van der Waals surface area contributed by atoms with E-state index in [1.54, 1.807) is 18.2 Å². The van der Waals surface area contributed by atoms with E-state index < -0.39 is 29.4 Å². The number of halogens is 4. The second-order valence-electron chi connectivity index (χ2n) is 11.8. The SMILES string of the molecule is CC1(C)COC(c2ccc(O)cc2)CN1.Oc1ccc(C2CNCCO2)c(C(F)(F)F)c1.Oc1ccc(C2CNCCO2)c(F)c1. The molecule has 3 aliphatic rings. The van der Waals surface area contributed by atoms with E-state index in [2.05, 4.69) is 29.8 Å². The zero-order valence-corrected chi connectivity index (χ0v) is 25.7. The van der Waals surface area contributed by atoms with Crippen molar-refractivity contribution >= 4 is 0 Å². The van der Waals surface area contributed by atoms with Crippen LogP contribution in [0.15, 0.2) is 60.7 Å². The standard InChI is InChI=1S/C12H17NO2.C11H12F3NO2.C10H12FNO2/c1-12(2)8-15-11(7-13-12)9-3-5-10(14)6-4-9;12-11(13,14)9-5-7(16)1-2-8(9)10-6-15-3-4-17-10;11-9-5-7(13)1-2-8(9)10-6-12-3-4-14-10/h3-6,11,13-14H,7-8H2,1-2H3;1-2,5,10,15-16H,3-4,6H2;1-2,5,10,12-13H,3-4,6H2. The molecule has 9 nitrogen and oxygen atoms in total. The molecule has 0 saturated carbocycles. The number of aromatic hydroxyl groups is 3. The molecule has 0 amide bonds. The molecule has 6 rings (SSSR count). The summed E-state index contributed by atoms with van der Waals surface area (Å²) in [6, 6.07) is 14.6. The smallest absolute Gasteiger partial charge is 0.416 e. The van der Waals surface area contributed by atoms with Gasteiger partial charge in [-0.1, -0.05) is 18.2 Å². The van der Waals surface area contributed by atoms with Crippen molar-refractivity contribution in [3.63, 3.8) is 0 Å². The number of hydrogen-bond acceptors (Lipinski definition) is 9. The minimum Gasteiger partial charge on any atom is -0.508 e. The maximum Gasteiger partial charge on any atom is 0.416 e. The Morgan fingerprint density at radius 3 is 1.74 bits per heavy atom. The molecule has 0 radical (unpaired) electrons. The predicted molar refractivity (Wildman–Crippen MR) is 163 cm³/mol. The van der Waals surface area contributed by atoms with Crippen LogP contribution in [-0.2, 0) is 20.4 Å². The first kappa shape index (κ1) is 35.4. The monoisotopic (exact) mass is 651 g/mol. The first-order valence-corrected chi connectivity index (χ1v) is 15.0. The first-order chi connectivity index (χ1) is 21.8. The zero-order chi connectivity index (χ0) is 33.3. The first-order valence-electron chi connectivity index (χ1n) is 15.0. The van der Waals surface area contributed by atoms with Gasteiger partial charge in [0.25, 0.3) is 0 Å². The summed E-state index contributed by atoms with van der Waals surface area (Å²) >= 11 is 0. The van der Waals surface area contributed by atoms with Crippen LogP contribution in [0.4, 0.5) is 17.6 Å². The number of nitrogens with one attached hydrogen (secondary N) is 3. The molecule has 3 fully saturated rings. The Balaban J connectivity index is 0.000000157. The molecule has 0 aliphatic carbocycles. The lowest BCUT2D eigenvalue weighted by atomic mass is 10.0. The van der Waals surface area contributed by atoms with E-state index in [1.165, 1.54) is 18.2 Å². The summed E-state index contributed by atoms with van der Waals surface area (Å²) < 4.78 is 68.2. The topological polar surface area (TPSA) is 124 Å². The van der Waals surface area contributed by atoms with Crippen LogP contribution in [0.5, 0.6) is 17.2 Å². The van der Waals surface area contributed by atoms with Crippen molar-refractivity contribution in [3.8, 4) is 17.2 Å². The van der Waals surface area contributed by atoms with Gasteiger partial charge in [-0.15, -0.1) is 0 Å². The Hall–Kier alpha value is -3.46. The van der Waals surface area contributed by atoms with Gasteiger partial charge in [0.2, 0.25) is 0 Å². The van der Waals surface area contributed by atoms with Crippen LogP contribution < -0.4 is 16.0 Å². The van der Waals surface area contributed by atoms with Gasteiger partial charge in [0, 0.05) is 49.9 Å². The van der Waals surface area contributed by atoms with Gasteiger partial charge in [0.15, 0.2) is 0 Å². The number of ether oxygens (including phenoxy) is 3. The summed E-state index contributed by atoms with van der Waals surface area (Å²) in [6.45, 7) is 9.13. The fourth-order valence-corrected chi connectivity index (χ4v) is 5.07. The van der Waals surface area contributed by atoms with Gasteiger partial charge >= 0.3 is 6.18 Å². The third-order valence-electron chi connectivity index (χ3n) is 7.55. The van der Waals surface area contributed by atoms with Crippen LogP contribution in [0, 0.1) is 5.82 Å². The van der Waals surface area contributed by atoms with Gasteiger partial charge in [-0.25, -0.2) is 4.39 Å². The van der Waals surface area contributed by atoms with E-state index in [0.717, 1.165) is 30.8 Å². The highest BCUT2D eigenvalue weighted by Crippen LogP contribution is 2.38. The molecule has 3 heterocycles. The van der Waals surface area contributed by atoms with Gasteiger partial charge in [0.1, 0.15) is 23.1 Å². The molecule has 0 spiro atoms. The highest BCUT2D eigenvalue weighted by molar-refractivity contribution is 5.38. The number of rotatable bonds is 3. The summed E-state index contributed by atoms with van der Waals surface area (Å²) in [5.41, 5.74) is 0.882. The van der Waals surface area contributed by atoms with Crippen LogP contribution in [0.25, 0.3) is 0 Å². The Kier molecular flexibility index (Phi) is 12.2. The van der Waals surface area contributed by atoms with Crippen LogP contribution in [0.3, 0.4) is 0 Å². The van der Waals surface area contributed by atoms with E-state index in [9.17, 15) is 22.7 Å². The molecular weight excluding hydrogens is 610 g/mol. The second kappa shape index (κ2) is 15.9. The van der Waals surface area contributed by atoms with Crippen molar-refractivity contribution in [2.24, 2.45) is 0 Å². The molecule has 3 atom stereocenters. The molecule has 252 valence electrons. The van der Waals surface area contributed by atoms with Crippen molar-refractivity contribution < 1.29 is 47.1 Å². The maximum atomic E-state index is 13.4. The average Bonchev–Trinajstić information content (AvgIpc) is 3.03. The van der Waals surface area contributed by atoms with Crippen molar-refractivity contribution in [3.05, 3.63) is 88.7 Å². The Labute approximate surface area is 265 Å². The molecule has 0 bridgehead atoms. The third-order valence-corrected chi connectivity index (χ3v) is 7.55. The predicted octanol–water partition coefficient (Wildman–Crippen LogP) is 5.10. The van der Waals surface area contributed by atoms with Crippen molar-refractivity contribution in [2.75, 3.05) is 52.5 Å². The maximum absolute atomic E-state index is 13.4. The Bertz CT molecular complexity index is 1390. The van der Waals surface area contributed by atoms with E-state index in [4.69, 9.17) is 24.4 Å². The van der Waals surface area contributed by atoms with Gasteiger partial charge in [-0.2, -0.15) is 13.2 Å². The van der Waals surface area contributed by atoms with E-state index in [-0.39, 0.29) is 29.1 Å². The molecule has 3 aromatic rings. The van der Waals surface area contributed by atoms with E-state index in [0.29, 0.717) is 50.8 Å². The number of morpholine rings is 3. The number of hydrogen-bond donors (Lipinski definition) is 6. The second-order valence-corrected chi connectivity index (χ2v) is 11.8. The van der Waals surface area contributed by atoms with Crippen LogP contribution in [-0.4, -0.2) is 73.4 Å². The summed E-state index contributed by atoms with van der Waals surface area (Å²) in [5, 5.41) is 36.9. The van der Waals surface area contributed by atoms with Gasteiger partial charge < -0.3 is 45.5 Å². The lowest BCUT2D eigenvalue weighted by Crippen LogP contribution is -2.50. The molecule has 46 heavy (non-hydrogen) atoms. The Morgan fingerprint density at radius 2 is 1.24 bits per heavy atom. The molecule has 3 aliphatic heterocycles. The average molecular weight is 652 g/mol. The fourth-order valence-electron chi connectivity index (χ4n) is 5.07. The van der Waals surface area contributed by atoms with Crippen LogP contribution in [0.1, 0.15) is 54.4 Å². The number of phenolic OH excluding ortho intramolecular Hbond substituents is 3. The van der Waals surface area contributed by atoms with Gasteiger partial charge in [-0.3, -0.25) is 0 Å². The summed E-state index contributed by atoms with van der Waals surface area (Å²) in [5.74, 6) is -0.582. The normalized spacial score (nSPS) is 22.9. The van der Waals surface area contributed by atoms with E-state index >= 15 is 0 Å². The largest absolute Gasteiger partial charge is 0.508 e. The summed E-state index contributed by atoms with van der Waals surface area (Å²) in [6.07, 6.45) is -5.27. The summed E-state index contributed by atoms with van der Waals surface area (Å²) in [7, 11) is 0. The molecule has 3 aromatic carbocycles. The number of alkyl halides is 3. The van der Waals surface area contributed by atoms with Crippen LogP contribution >= 0.6 is 0 Å². The van der Waals surface area contributed by atoms with Gasteiger partial charge in [0.05, 0.1) is 43.7 Å². The Morgan fingerprint density at radius 1 is 0.696 bits per heavy atom. The molecular formula is C33H41F4N3O6. The van der Waals surface area contributed by atoms with Crippen LogP contribution in [0.2, 0.25) is 0 Å². The summed E-state index contributed by atoms with van der Waals surface area (Å²) in [4.78, 5) is 0. The highest BCUT2D eigenvalue weighted by Gasteiger charge is 2.36. The fraction of sp³-hybridized carbons (Fsp3) is 0.455. The molecule has 6 N–H and O–H groups in total. The minimum absolute atomic E-state index is 0.0579. The lowest BCUT2D eigenvalue weighted by Gasteiger charge is -2.36. The minimum atomic E-state index is -4.49.